The quantitative estimate of drug-likeness (QED) is 0.659. The predicted molar refractivity (Wildman–Crippen MR) is 50.3 cm³/mol. The van der Waals surface area contributed by atoms with Crippen molar-refractivity contribution < 1.29 is 0 Å². The number of hydrogen-bond donors (Lipinski definition) is 0. The van der Waals surface area contributed by atoms with Gasteiger partial charge in [-0.3, -0.25) is 9.58 Å². The van der Waals surface area contributed by atoms with E-state index in [0.29, 0.717) is 5.88 Å². The van der Waals surface area contributed by atoms with Gasteiger partial charge in [0.05, 0.1) is 5.69 Å². The molecule has 12 heavy (non-hydrogen) atoms. The van der Waals surface area contributed by atoms with Crippen molar-refractivity contribution in [1.29, 1.82) is 0 Å². The van der Waals surface area contributed by atoms with E-state index in [1.807, 2.05) is 31.0 Å². The van der Waals surface area contributed by atoms with Gasteiger partial charge in [-0.05, 0) is 13.1 Å². The van der Waals surface area contributed by atoms with Crippen molar-refractivity contribution in [3.05, 3.63) is 18.0 Å². The molecule has 0 radical (unpaired) electrons. The van der Waals surface area contributed by atoms with E-state index in [-0.39, 0.29) is 0 Å². The highest BCUT2D eigenvalue weighted by Gasteiger charge is 2.00. The van der Waals surface area contributed by atoms with Crippen LogP contribution in [0.15, 0.2) is 12.3 Å². The summed E-state index contributed by atoms with van der Waals surface area (Å²) in [6.07, 6.45) is 1.95. The molecule has 0 aliphatic rings. The van der Waals surface area contributed by atoms with Gasteiger partial charge >= 0.3 is 0 Å². The van der Waals surface area contributed by atoms with Crippen LogP contribution in [0.25, 0.3) is 0 Å². The molecule has 0 unspecified atom stereocenters. The first kappa shape index (κ1) is 9.55. The summed E-state index contributed by atoms with van der Waals surface area (Å²) in [7, 11) is 3.96. The number of rotatable bonds is 4. The van der Waals surface area contributed by atoms with Crippen LogP contribution in [0.4, 0.5) is 0 Å². The van der Waals surface area contributed by atoms with E-state index in [4.69, 9.17) is 11.6 Å². The lowest BCUT2D eigenvalue weighted by Crippen LogP contribution is -2.20. The molecule has 0 atom stereocenters. The topological polar surface area (TPSA) is 21.1 Å². The third kappa shape index (κ3) is 2.83. The van der Waals surface area contributed by atoms with Gasteiger partial charge in [0.2, 0.25) is 0 Å². The van der Waals surface area contributed by atoms with Crippen LogP contribution < -0.4 is 0 Å². The second kappa shape index (κ2) is 4.48. The second-order valence-corrected chi connectivity index (χ2v) is 3.29. The molecule has 1 aromatic heterocycles. The first-order valence-corrected chi connectivity index (χ1v) is 4.49. The zero-order valence-electron chi connectivity index (χ0n) is 7.50. The van der Waals surface area contributed by atoms with Gasteiger partial charge in [0.15, 0.2) is 0 Å². The summed E-state index contributed by atoms with van der Waals surface area (Å²) in [5.41, 5.74) is 1.09. The summed E-state index contributed by atoms with van der Waals surface area (Å²) in [6, 6.07) is 2.02. The van der Waals surface area contributed by atoms with Crippen LogP contribution in [-0.2, 0) is 13.6 Å². The minimum Gasteiger partial charge on any atom is -0.299 e. The molecule has 0 aliphatic carbocycles. The van der Waals surface area contributed by atoms with Gasteiger partial charge < -0.3 is 0 Å². The van der Waals surface area contributed by atoms with Crippen molar-refractivity contribution in [1.82, 2.24) is 14.7 Å². The molecular weight excluding hydrogens is 174 g/mol. The Hall–Kier alpha value is -0.540. The molecule has 0 aromatic carbocycles. The fraction of sp³-hybridized carbons (Fsp3) is 0.625. The maximum absolute atomic E-state index is 5.60. The molecule has 3 nitrogen and oxygen atoms in total. The summed E-state index contributed by atoms with van der Waals surface area (Å²) in [5.74, 6) is 0.670. The van der Waals surface area contributed by atoms with Crippen LogP contribution in [0.3, 0.4) is 0 Å². The lowest BCUT2D eigenvalue weighted by molar-refractivity contribution is 0.342. The molecule has 0 fully saturated rings. The molecule has 68 valence electrons. The van der Waals surface area contributed by atoms with Gasteiger partial charge in [0, 0.05) is 32.2 Å². The SMILES string of the molecule is CN(CCCl)Cc1ccn(C)n1. The smallest absolute Gasteiger partial charge is 0.0764 e. The van der Waals surface area contributed by atoms with E-state index in [9.17, 15) is 0 Å². The van der Waals surface area contributed by atoms with Gasteiger partial charge in [-0.2, -0.15) is 5.10 Å². The highest BCUT2D eigenvalue weighted by Crippen LogP contribution is 1.98. The second-order valence-electron chi connectivity index (χ2n) is 2.91. The van der Waals surface area contributed by atoms with Crippen LogP contribution in [0, 0.1) is 0 Å². The van der Waals surface area contributed by atoms with E-state index in [2.05, 4.69) is 10.00 Å². The van der Waals surface area contributed by atoms with Crippen molar-refractivity contribution >= 4 is 11.6 Å². The fourth-order valence-electron chi connectivity index (χ4n) is 1.05. The van der Waals surface area contributed by atoms with Crippen molar-refractivity contribution in [3.8, 4) is 0 Å². The van der Waals surface area contributed by atoms with Crippen LogP contribution in [0.2, 0.25) is 0 Å². The number of aryl methyl sites for hydroxylation is 1. The maximum atomic E-state index is 5.60. The average Bonchev–Trinajstić information content (AvgIpc) is 2.36. The lowest BCUT2D eigenvalue weighted by Gasteiger charge is -2.12. The molecule has 0 bridgehead atoms. The number of halogens is 1. The molecule has 0 N–H and O–H groups in total. The molecule has 1 aromatic rings. The Morgan fingerprint density at radius 3 is 2.92 bits per heavy atom. The van der Waals surface area contributed by atoms with Gasteiger partial charge in [0.1, 0.15) is 0 Å². The molecule has 0 saturated carbocycles. The Bertz CT molecular complexity index is 234. The predicted octanol–water partition coefficient (Wildman–Crippen LogP) is 1.09. The summed E-state index contributed by atoms with van der Waals surface area (Å²) in [5, 5.41) is 4.26. The van der Waals surface area contributed by atoms with Gasteiger partial charge in [-0.25, -0.2) is 0 Å². The van der Waals surface area contributed by atoms with E-state index >= 15 is 0 Å². The number of alkyl halides is 1. The van der Waals surface area contributed by atoms with E-state index in [1.54, 1.807) is 0 Å². The highest BCUT2D eigenvalue weighted by atomic mass is 35.5. The van der Waals surface area contributed by atoms with Crippen LogP contribution in [0.5, 0.6) is 0 Å². The largest absolute Gasteiger partial charge is 0.299 e. The number of hydrogen-bond acceptors (Lipinski definition) is 2. The number of aromatic nitrogens is 2. The minimum absolute atomic E-state index is 0.670. The summed E-state index contributed by atoms with van der Waals surface area (Å²) < 4.78 is 1.81. The lowest BCUT2D eigenvalue weighted by atomic mass is 10.4. The monoisotopic (exact) mass is 187 g/mol. The summed E-state index contributed by atoms with van der Waals surface area (Å²) in [6.45, 7) is 1.77. The minimum atomic E-state index is 0.670. The van der Waals surface area contributed by atoms with Gasteiger partial charge in [0.25, 0.3) is 0 Å². The first-order chi connectivity index (χ1) is 5.72. The first-order valence-electron chi connectivity index (χ1n) is 3.95. The zero-order chi connectivity index (χ0) is 8.97. The average molecular weight is 188 g/mol. The molecule has 0 amide bonds. The van der Waals surface area contributed by atoms with Crippen LogP contribution in [-0.4, -0.2) is 34.2 Å². The molecule has 0 spiro atoms. The fourth-order valence-corrected chi connectivity index (χ4v) is 1.34. The third-order valence-corrected chi connectivity index (χ3v) is 1.84. The third-order valence-electron chi connectivity index (χ3n) is 1.67. The molecular formula is C8H14ClN3. The van der Waals surface area contributed by atoms with Crippen molar-refractivity contribution in [2.24, 2.45) is 7.05 Å². The Kier molecular flexibility index (Phi) is 3.56. The van der Waals surface area contributed by atoms with Crippen LogP contribution >= 0.6 is 11.6 Å². The van der Waals surface area contributed by atoms with Crippen LogP contribution in [0.1, 0.15) is 5.69 Å². The Morgan fingerprint density at radius 2 is 2.42 bits per heavy atom. The molecule has 1 heterocycles. The van der Waals surface area contributed by atoms with E-state index in [1.165, 1.54) is 0 Å². The van der Waals surface area contributed by atoms with Crippen molar-refractivity contribution in [3.63, 3.8) is 0 Å². The standard InChI is InChI=1S/C8H14ClN3/c1-11(6-4-9)7-8-3-5-12(2)10-8/h3,5H,4,6-7H2,1-2H3. The van der Waals surface area contributed by atoms with Crippen molar-refractivity contribution in [2.75, 3.05) is 19.5 Å². The number of nitrogens with zero attached hydrogens (tertiary/aromatic N) is 3. The molecule has 0 saturated heterocycles. The van der Waals surface area contributed by atoms with E-state index in [0.717, 1.165) is 18.8 Å². The molecule has 0 aliphatic heterocycles. The maximum Gasteiger partial charge on any atom is 0.0764 e. The summed E-state index contributed by atoms with van der Waals surface area (Å²) >= 11 is 5.60. The normalized spacial score (nSPS) is 11.0. The van der Waals surface area contributed by atoms with Gasteiger partial charge in [-0.1, -0.05) is 0 Å². The Morgan fingerprint density at radius 1 is 1.67 bits per heavy atom. The highest BCUT2D eigenvalue weighted by molar-refractivity contribution is 6.18. The molecule has 1 rings (SSSR count). The van der Waals surface area contributed by atoms with E-state index < -0.39 is 0 Å². The Labute approximate surface area is 77.9 Å². The van der Waals surface area contributed by atoms with Gasteiger partial charge in [-0.15, -0.1) is 11.6 Å². The summed E-state index contributed by atoms with van der Waals surface area (Å²) in [4.78, 5) is 2.15. The molecule has 4 heteroatoms. The zero-order valence-corrected chi connectivity index (χ0v) is 8.25. The van der Waals surface area contributed by atoms with Crippen molar-refractivity contribution in [2.45, 2.75) is 6.54 Å². The Balaban J connectivity index is 2.41.